The van der Waals surface area contributed by atoms with Crippen molar-refractivity contribution in [3.8, 4) is 0 Å². The highest BCUT2D eigenvalue weighted by Gasteiger charge is 2.07. The van der Waals surface area contributed by atoms with Crippen LogP contribution in [0.3, 0.4) is 0 Å². The third kappa shape index (κ3) is 2.17. The fraction of sp³-hybridized carbons (Fsp3) is 0.455. The van der Waals surface area contributed by atoms with Gasteiger partial charge in [-0.15, -0.1) is 0 Å². The van der Waals surface area contributed by atoms with Crippen LogP contribution >= 0.6 is 0 Å². The molecular formula is C11H18N2O. The molecular weight excluding hydrogens is 176 g/mol. The molecule has 0 saturated heterocycles. The van der Waals surface area contributed by atoms with Gasteiger partial charge in [-0.3, -0.25) is 0 Å². The fourth-order valence-corrected chi connectivity index (χ4v) is 1.51. The summed E-state index contributed by atoms with van der Waals surface area (Å²) in [6.07, 6.45) is 0. The highest BCUT2D eigenvalue weighted by atomic mass is 16.3. The van der Waals surface area contributed by atoms with Crippen molar-refractivity contribution in [3.63, 3.8) is 0 Å². The van der Waals surface area contributed by atoms with Crippen LogP contribution in [0.4, 0.5) is 11.4 Å². The zero-order valence-corrected chi connectivity index (χ0v) is 8.83. The van der Waals surface area contributed by atoms with Gasteiger partial charge in [0.25, 0.3) is 0 Å². The van der Waals surface area contributed by atoms with Gasteiger partial charge < -0.3 is 15.7 Å². The zero-order valence-electron chi connectivity index (χ0n) is 8.83. The van der Waals surface area contributed by atoms with Crippen LogP contribution in [0.5, 0.6) is 0 Å². The summed E-state index contributed by atoms with van der Waals surface area (Å²) in [6, 6.07) is 5.97. The largest absolute Gasteiger partial charge is 0.397 e. The first-order chi connectivity index (χ1) is 6.70. The number of hydrogen-bond acceptors (Lipinski definition) is 3. The van der Waals surface area contributed by atoms with Crippen molar-refractivity contribution in [2.24, 2.45) is 0 Å². The second kappa shape index (κ2) is 4.86. The van der Waals surface area contributed by atoms with E-state index < -0.39 is 0 Å². The van der Waals surface area contributed by atoms with Gasteiger partial charge in [0.05, 0.1) is 18.0 Å². The molecule has 78 valence electrons. The molecule has 0 atom stereocenters. The summed E-state index contributed by atoms with van der Waals surface area (Å²) in [6.45, 7) is 5.68. The Balaban J connectivity index is 2.97. The van der Waals surface area contributed by atoms with Gasteiger partial charge in [-0.05, 0) is 25.5 Å². The number of nitrogens with two attached hydrogens (primary N) is 1. The topological polar surface area (TPSA) is 49.5 Å². The summed E-state index contributed by atoms with van der Waals surface area (Å²) in [5.41, 5.74) is 8.87. The van der Waals surface area contributed by atoms with E-state index in [0.29, 0.717) is 6.54 Å². The van der Waals surface area contributed by atoms with Crippen molar-refractivity contribution < 1.29 is 5.11 Å². The van der Waals surface area contributed by atoms with E-state index in [1.54, 1.807) is 0 Å². The summed E-state index contributed by atoms with van der Waals surface area (Å²) in [5, 5.41) is 8.91. The summed E-state index contributed by atoms with van der Waals surface area (Å²) in [7, 11) is 0. The number of nitrogen functional groups attached to an aromatic ring is 1. The first-order valence-electron chi connectivity index (χ1n) is 4.91. The van der Waals surface area contributed by atoms with Gasteiger partial charge in [-0.2, -0.15) is 0 Å². The van der Waals surface area contributed by atoms with Crippen LogP contribution in [-0.2, 0) is 0 Å². The molecule has 14 heavy (non-hydrogen) atoms. The van der Waals surface area contributed by atoms with Crippen LogP contribution in [0.25, 0.3) is 0 Å². The SMILES string of the molecule is CCN(CCO)c1cccc(C)c1N. The predicted octanol–water partition coefficient (Wildman–Crippen LogP) is 1.40. The number of likely N-dealkylation sites (N-methyl/N-ethyl adjacent to an activating group) is 1. The van der Waals surface area contributed by atoms with Crippen LogP contribution in [-0.4, -0.2) is 24.8 Å². The summed E-state index contributed by atoms with van der Waals surface area (Å²) in [4.78, 5) is 2.07. The molecule has 3 N–H and O–H groups in total. The first-order valence-corrected chi connectivity index (χ1v) is 4.91. The van der Waals surface area contributed by atoms with E-state index in [2.05, 4.69) is 11.8 Å². The molecule has 1 aromatic rings. The molecule has 0 radical (unpaired) electrons. The Bertz CT molecular complexity index is 299. The number of aliphatic hydroxyl groups excluding tert-OH is 1. The second-order valence-corrected chi connectivity index (χ2v) is 3.31. The van der Waals surface area contributed by atoms with E-state index >= 15 is 0 Å². The number of hydrogen-bond donors (Lipinski definition) is 2. The molecule has 0 aliphatic carbocycles. The maximum atomic E-state index is 8.91. The lowest BCUT2D eigenvalue weighted by Gasteiger charge is -2.24. The van der Waals surface area contributed by atoms with E-state index in [0.717, 1.165) is 23.5 Å². The van der Waals surface area contributed by atoms with Crippen molar-refractivity contribution in [3.05, 3.63) is 23.8 Å². The minimum Gasteiger partial charge on any atom is -0.397 e. The maximum Gasteiger partial charge on any atom is 0.0606 e. The zero-order chi connectivity index (χ0) is 10.6. The summed E-state index contributed by atoms with van der Waals surface area (Å²) < 4.78 is 0. The number of para-hydroxylation sites is 1. The third-order valence-corrected chi connectivity index (χ3v) is 2.39. The Labute approximate surface area is 85.2 Å². The van der Waals surface area contributed by atoms with E-state index in [9.17, 15) is 0 Å². The number of aryl methyl sites for hydroxylation is 1. The summed E-state index contributed by atoms with van der Waals surface area (Å²) >= 11 is 0. The molecule has 0 aliphatic heterocycles. The number of rotatable bonds is 4. The molecule has 0 amide bonds. The van der Waals surface area contributed by atoms with Crippen LogP contribution in [0.15, 0.2) is 18.2 Å². The molecule has 0 aromatic heterocycles. The lowest BCUT2D eigenvalue weighted by atomic mass is 10.1. The summed E-state index contributed by atoms with van der Waals surface area (Å²) in [5.74, 6) is 0. The quantitative estimate of drug-likeness (QED) is 0.712. The molecule has 0 aliphatic rings. The predicted molar refractivity (Wildman–Crippen MR) is 60.6 cm³/mol. The molecule has 0 spiro atoms. The lowest BCUT2D eigenvalue weighted by Crippen LogP contribution is -2.27. The smallest absolute Gasteiger partial charge is 0.0606 e. The second-order valence-electron chi connectivity index (χ2n) is 3.31. The first kappa shape index (κ1) is 10.9. The van der Waals surface area contributed by atoms with Crippen molar-refractivity contribution in [2.75, 3.05) is 30.3 Å². The van der Waals surface area contributed by atoms with Gasteiger partial charge in [0.1, 0.15) is 0 Å². The van der Waals surface area contributed by atoms with Crippen LogP contribution in [0.2, 0.25) is 0 Å². The van der Waals surface area contributed by atoms with Crippen LogP contribution < -0.4 is 10.6 Å². The number of benzene rings is 1. The molecule has 0 fully saturated rings. The molecule has 1 aromatic carbocycles. The third-order valence-electron chi connectivity index (χ3n) is 2.39. The monoisotopic (exact) mass is 194 g/mol. The van der Waals surface area contributed by atoms with Crippen molar-refractivity contribution >= 4 is 11.4 Å². The normalized spacial score (nSPS) is 10.2. The van der Waals surface area contributed by atoms with Gasteiger partial charge in [0, 0.05) is 13.1 Å². The molecule has 3 heteroatoms. The Morgan fingerprint density at radius 1 is 1.43 bits per heavy atom. The van der Waals surface area contributed by atoms with Crippen LogP contribution in [0, 0.1) is 6.92 Å². The standard InChI is InChI=1S/C11H18N2O/c1-3-13(7-8-14)10-6-4-5-9(2)11(10)12/h4-6,14H,3,7-8,12H2,1-2H3. The van der Waals surface area contributed by atoms with Crippen molar-refractivity contribution in [2.45, 2.75) is 13.8 Å². The highest BCUT2D eigenvalue weighted by molar-refractivity contribution is 5.70. The van der Waals surface area contributed by atoms with E-state index in [1.807, 2.05) is 25.1 Å². The minimum absolute atomic E-state index is 0.154. The Morgan fingerprint density at radius 3 is 2.71 bits per heavy atom. The molecule has 0 unspecified atom stereocenters. The van der Waals surface area contributed by atoms with Crippen LogP contribution in [0.1, 0.15) is 12.5 Å². The van der Waals surface area contributed by atoms with E-state index in [1.165, 1.54) is 0 Å². The van der Waals surface area contributed by atoms with E-state index in [4.69, 9.17) is 10.8 Å². The average Bonchev–Trinajstić information content (AvgIpc) is 2.19. The van der Waals surface area contributed by atoms with Gasteiger partial charge in [-0.25, -0.2) is 0 Å². The minimum atomic E-state index is 0.154. The highest BCUT2D eigenvalue weighted by Crippen LogP contribution is 2.25. The Morgan fingerprint density at radius 2 is 2.14 bits per heavy atom. The molecule has 0 saturated carbocycles. The number of anilines is 2. The average molecular weight is 194 g/mol. The lowest BCUT2D eigenvalue weighted by molar-refractivity contribution is 0.302. The Kier molecular flexibility index (Phi) is 3.77. The maximum absolute atomic E-state index is 8.91. The van der Waals surface area contributed by atoms with Gasteiger partial charge in [0.2, 0.25) is 0 Å². The molecule has 1 rings (SSSR count). The molecule has 3 nitrogen and oxygen atoms in total. The van der Waals surface area contributed by atoms with Gasteiger partial charge in [0.15, 0.2) is 0 Å². The van der Waals surface area contributed by atoms with Crippen molar-refractivity contribution in [1.29, 1.82) is 0 Å². The molecule has 0 bridgehead atoms. The number of nitrogens with zero attached hydrogens (tertiary/aromatic N) is 1. The van der Waals surface area contributed by atoms with E-state index in [-0.39, 0.29) is 6.61 Å². The number of aliphatic hydroxyl groups is 1. The molecule has 0 heterocycles. The Hall–Kier alpha value is -1.22. The van der Waals surface area contributed by atoms with Crippen molar-refractivity contribution in [1.82, 2.24) is 0 Å². The van der Waals surface area contributed by atoms with Gasteiger partial charge in [-0.1, -0.05) is 12.1 Å². The van der Waals surface area contributed by atoms with Gasteiger partial charge >= 0.3 is 0 Å². The fourth-order valence-electron chi connectivity index (χ4n) is 1.51.